The van der Waals surface area contributed by atoms with Crippen molar-refractivity contribution in [3.8, 4) is 0 Å². The van der Waals surface area contributed by atoms with E-state index < -0.39 is 0 Å². The minimum Gasteiger partial charge on any atom is -0.354 e. The van der Waals surface area contributed by atoms with Crippen LogP contribution in [0.15, 0.2) is 0 Å². The van der Waals surface area contributed by atoms with Gasteiger partial charge in [-0.15, -0.1) is 0 Å². The first-order valence-corrected chi connectivity index (χ1v) is 5.58. The van der Waals surface area contributed by atoms with E-state index in [1.54, 1.807) is 0 Å². The molecule has 2 heterocycles. The Bertz CT molecular complexity index is 196. The predicted molar refractivity (Wildman–Crippen MR) is 55.0 cm³/mol. The second-order valence-electron chi connectivity index (χ2n) is 4.23. The summed E-state index contributed by atoms with van der Waals surface area (Å²) in [5.41, 5.74) is 0. The lowest BCUT2D eigenvalue weighted by Gasteiger charge is -2.13. The number of carbonyl (C=O) groups excluding carboxylic acids is 1. The quantitative estimate of drug-likeness (QED) is 0.570. The first kappa shape index (κ1) is 9.93. The molecule has 2 saturated heterocycles. The van der Waals surface area contributed by atoms with Crippen molar-refractivity contribution in [1.82, 2.24) is 16.0 Å². The Labute approximate surface area is 84.8 Å². The van der Waals surface area contributed by atoms with E-state index in [0.29, 0.717) is 6.04 Å². The third-order valence-electron chi connectivity index (χ3n) is 3.12. The normalized spacial score (nSPS) is 32.0. The Morgan fingerprint density at radius 2 is 2.29 bits per heavy atom. The summed E-state index contributed by atoms with van der Waals surface area (Å²) in [5, 5.41) is 9.60. The molecule has 2 atom stereocenters. The molecule has 0 bridgehead atoms. The van der Waals surface area contributed by atoms with Crippen LogP contribution in [0.25, 0.3) is 0 Å². The van der Waals surface area contributed by atoms with Crippen LogP contribution in [0.3, 0.4) is 0 Å². The van der Waals surface area contributed by atoms with Crippen molar-refractivity contribution in [3.05, 3.63) is 0 Å². The maximum Gasteiger partial charge on any atom is 0.224 e. The van der Waals surface area contributed by atoms with Crippen LogP contribution in [-0.4, -0.2) is 38.1 Å². The van der Waals surface area contributed by atoms with Gasteiger partial charge in [0.1, 0.15) is 0 Å². The minimum absolute atomic E-state index is 0.205. The summed E-state index contributed by atoms with van der Waals surface area (Å²) in [5.74, 6) is 0.431. The van der Waals surface area contributed by atoms with E-state index in [9.17, 15) is 4.79 Å². The number of nitrogens with one attached hydrogen (secondary N) is 3. The molecule has 4 heteroatoms. The first-order valence-electron chi connectivity index (χ1n) is 5.58. The maximum atomic E-state index is 11.6. The molecule has 0 radical (unpaired) electrons. The van der Waals surface area contributed by atoms with Gasteiger partial charge in [-0.25, -0.2) is 0 Å². The molecule has 0 aromatic rings. The van der Waals surface area contributed by atoms with E-state index >= 15 is 0 Å². The van der Waals surface area contributed by atoms with E-state index in [-0.39, 0.29) is 11.8 Å². The topological polar surface area (TPSA) is 53.2 Å². The van der Waals surface area contributed by atoms with Gasteiger partial charge in [-0.2, -0.15) is 0 Å². The van der Waals surface area contributed by atoms with Crippen molar-refractivity contribution in [2.24, 2.45) is 5.92 Å². The fraction of sp³-hybridized carbons (Fsp3) is 0.900. The molecular weight excluding hydrogens is 178 g/mol. The highest BCUT2D eigenvalue weighted by atomic mass is 16.1. The number of hydrogen-bond donors (Lipinski definition) is 3. The van der Waals surface area contributed by atoms with Gasteiger partial charge in [-0.1, -0.05) is 0 Å². The Morgan fingerprint density at radius 1 is 1.36 bits per heavy atom. The van der Waals surface area contributed by atoms with Crippen molar-refractivity contribution < 1.29 is 4.79 Å². The summed E-state index contributed by atoms with van der Waals surface area (Å²) in [6.45, 7) is 3.74. The number of hydrogen-bond acceptors (Lipinski definition) is 3. The molecule has 0 aliphatic carbocycles. The molecule has 14 heavy (non-hydrogen) atoms. The zero-order valence-corrected chi connectivity index (χ0v) is 8.51. The third kappa shape index (κ3) is 2.45. The Kier molecular flexibility index (Phi) is 3.37. The van der Waals surface area contributed by atoms with E-state index in [1.807, 2.05) is 0 Å². The van der Waals surface area contributed by atoms with Gasteiger partial charge >= 0.3 is 0 Å². The number of rotatable bonds is 3. The minimum atomic E-state index is 0.205. The molecule has 0 saturated carbocycles. The zero-order chi connectivity index (χ0) is 9.80. The fourth-order valence-corrected chi connectivity index (χ4v) is 2.18. The molecule has 80 valence electrons. The van der Waals surface area contributed by atoms with Crippen molar-refractivity contribution in [2.75, 3.05) is 26.2 Å². The molecule has 2 fully saturated rings. The second kappa shape index (κ2) is 4.75. The van der Waals surface area contributed by atoms with Crippen molar-refractivity contribution in [2.45, 2.75) is 25.3 Å². The summed E-state index contributed by atoms with van der Waals surface area (Å²) in [6, 6.07) is 0.508. The lowest BCUT2D eigenvalue weighted by Crippen LogP contribution is -2.40. The van der Waals surface area contributed by atoms with E-state index in [1.165, 1.54) is 12.8 Å². The first-order chi connectivity index (χ1) is 6.86. The molecule has 0 aromatic carbocycles. The number of amides is 1. The van der Waals surface area contributed by atoms with Crippen LogP contribution in [0, 0.1) is 5.92 Å². The zero-order valence-electron chi connectivity index (χ0n) is 8.51. The van der Waals surface area contributed by atoms with Gasteiger partial charge in [0.2, 0.25) is 5.91 Å². The molecule has 0 spiro atoms. The van der Waals surface area contributed by atoms with Crippen LogP contribution in [-0.2, 0) is 4.79 Å². The largest absolute Gasteiger partial charge is 0.354 e. The molecule has 2 aliphatic rings. The standard InChI is InChI=1S/C10H19N3O/c14-10(8-3-5-11-6-8)13-7-9-2-1-4-12-9/h8-9,11-12H,1-7H2,(H,13,14)/t8-,9?/m0/s1. The van der Waals surface area contributed by atoms with E-state index in [2.05, 4.69) is 16.0 Å². The van der Waals surface area contributed by atoms with Crippen LogP contribution >= 0.6 is 0 Å². The highest BCUT2D eigenvalue weighted by Gasteiger charge is 2.23. The van der Waals surface area contributed by atoms with Crippen LogP contribution in [0.2, 0.25) is 0 Å². The fourth-order valence-electron chi connectivity index (χ4n) is 2.18. The van der Waals surface area contributed by atoms with Crippen molar-refractivity contribution >= 4 is 5.91 Å². The van der Waals surface area contributed by atoms with Crippen LogP contribution in [0.4, 0.5) is 0 Å². The highest BCUT2D eigenvalue weighted by Crippen LogP contribution is 2.08. The van der Waals surface area contributed by atoms with Crippen LogP contribution < -0.4 is 16.0 Å². The van der Waals surface area contributed by atoms with Crippen LogP contribution in [0.1, 0.15) is 19.3 Å². The molecule has 3 N–H and O–H groups in total. The van der Waals surface area contributed by atoms with E-state index in [4.69, 9.17) is 0 Å². The molecule has 2 aliphatic heterocycles. The summed E-state index contributed by atoms with van der Waals surface area (Å²) >= 11 is 0. The molecule has 2 rings (SSSR count). The van der Waals surface area contributed by atoms with Crippen molar-refractivity contribution in [3.63, 3.8) is 0 Å². The summed E-state index contributed by atoms with van der Waals surface area (Å²) in [7, 11) is 0. The van der Waals surface area contributed by atoms with Gasteiger partial charge in [0.25, 0.3) is 0 Å². The van der Waals surface area contributed by atoms with Gasteiger partial charge in [-0.05, 0) is 32.4 Å². The lowest BCUT2D eigenvalue weighted by molar-refractivity contribution is -0.124. The summed E-state index contributed by atoms with van der Waals surface area (Å²) in [6.07, 6.45) is 3.43. The number of carbonyl (C=O) groups is 1. The maximum absolute atomic E-state index is 11.6. The molecular formula is C10H19N3O. The van der Waals surface area contributed by atoms with E-state index in [0.717, 1.165) is 32.6 Å². The van der Waals surface area contributed by atoms with Gasteiger partial charge in [0, 0.05) is 19.1 Å². The third-order valence-corrected chi connectivity index (χ3v) is 3.12. The molecule has 0 aromatic heterocycles. The predicted octanol–water partition coefficient (Wildman–Crippen LogP) is -0.536. The Morgan fingerprint density at radius 3 is 2.93 bits per heavy atom. The van der Waals surface area contributed by atoms with Crippen LogP contribution in [0.5, 0.6) is 0 Å². The monoisotopic (exact) mass is 197 g/mol. The summed E-state index contributed by atoms with van der Waals surface area (Å²) < 4.78 is 0. The SMILES string of the molecule is O=C(NCC1CCCN1)[C@H]1CCNC1. The van der Waals surface area contributed by atoms with Gasteiger partial charge in [0.15, 0.2) is 0 Å². The van der Waals surface area contributed by atoms with Gasteiger partial charge in [-0.3, -0.25) is 4.79 Å². The van der Waals surface area contributed by atoms with Crippen molar-refractivity contribution in [1.29, 1.82) is 0 Å². The average Bonchev–Trinajstić information content (AvgIpc) is 2.87. The van der Waals surface area contributed by atoms with Gasteiger partial charge < -0.3 is 16.0 Å². The summed E-state index contributed by atoms with van der Waals surface area (Å²) in [4.78, 5) is 11.6. The molecule has 1 amide bonds. The Hall–Kier alpha value is -0.610. The smallest absolute Gasteiger partial charge is 0.224 e. The van der Waals surface area contributed by atoms with Gasteiger partial charge in [0.05, 0.1) is 5.92 Å². The Balaban J connectivity index is 1.66. The molecule has 1 unspecified atom stereocenters. The average molecular weight is 197 g/mol. The highest BCUT2D eigenvalue weighted by molar-refractivity contribution is 5.79. The second-order valence-corrected chi connectivity index (χ2v) is 4.23. The molecule has 4 nitrogen and oxygen atoms in total. The lowest BCUT2D eigenvalue weighted by atomic mass is 10.1.